The van der Waals surface area contributed by atoms with E-state index in [4.69, 9.17) is 0 Å². The Labute approximate surface area is 94.4 Å². The molecule has 0 aromatic rings. The van der Waals surface area contributed by atoms with Gasteiger partial charge in [-0.25, -0.2) is 0 Å². The van der Waals surface area contributed by atoms with Crippen LogP contribution in [-0.4, -0.2) is 36.6 Å². The van der Waals surface area contributed by atoms with Crippen molar-refractivity contribution in [2.24, 2.45) is 11.8 Å². The lowest BCUT2D eigenvalue weighted by molar-refractivity contribution is 0.0856. The Morgan fingerprint density at radius 3 is 2.60 bits per heavy atom. The van der Waals surface area contributed by atoms with Gasteiger partial charge in [0.1, 0.15) is 0 Å². The Morgan fingerprint density at radius 1 is 1.33 bits per heavy atom. The van der Waals surface area contributed by atoms with Crippen LogP contribution in [0.15, 0.2) is 0 Å². The second-order valence-corrected chi connectivity index (χ2v) is 5.86. The number of piperazine rings is 1. The smallest absolute Gasteiger partial charge is 0.0218 e. The van der Waals surface area contributed by atoms with Crippen LogP contribution in [0.2, 0.25) is 0 Å². The average Bonchev–Trinajstić information content (AvgIpc) is 2.13. The summed E-state index contributed by atoms with van der Waals surface area (Å²) in [7, 11) is 0. The summed E-state index contributed by atoms with van der Waals surface area (Å²) in [5.41, 5.74) is 0. The summed E-state index contributed by atoms with van der Waals surface area (Å²) < 4.78 is 0. The lowest BCUT2D eigenvalue weighted by Gasteiger charge is -2.43. The van der Waals surface area contributed by atoms with Gasteiger partial charge in [0.05, 0.1) is 0 Å². The standard InChI is InChI=1S/C13H26N2/c1-10(2)13-9-15(11(3)7-14-13)8-12-5-4-6-12/h10-14H,4-9H2,1-3H3. The molecule has 0 bridgehead atoms. The zero-order valence-corrected chi connectivity index (χ0v) is 10.5. The monoisotopic (exact) mass is 210 g/mol. The van der Waals surface area contributed by atoms with Crippen LogP contribution in [-0.2, 0) is 0 Å². The maximum atomic E-state index is 3.67. The van der Waals surface area contributed by atoms with Gasteiger partial charge in [0.2, 0.25) is 0 Å². The molecule has 1 aliphatic carbocycles. The van der Waals surface area contributed by atoms with Crippen LogP contribution in [0.3, 0.4) is 0 Å². The minimum absolute atomic E-state index is 0.710. The van der Waals surface area contributed by atoms with Gasteiger partial charge in [-0.1, -0.05) is 20.3 Å². The van der Waals surface area contributed by atoms with E-state index in [9.17, 15) is 0 Å². The van der Waals surface area contributed by atoms with Gasteiger partial charge in [-0.2, -0.15) is 0 Å². The molecule has 0 radical (unpaired) electrons. The van der Waals surface area contributed by atoms with Crippen LogP contribution in [0.4, 0.5) is 0 Å². The largest absolute Gasteiger partial charge is 0.311 e. The maximum absolute atomic E-state index is 3.67. The first-order valence-electron chi connectivity index (χ1n) is 6.64. The molecule has 0 aromatic carbocycles. The Kier molecular flexibility index (Phi) is 3.68. The molecule has 0 aromatic heterocycles. The second kappa shape index (κ2) is 4.84. The van der Waals surface area contributed by atoms with Crippen molar-refractivity contribution in [1.82, 2.24) is 10.2 Å². The van der Waals surface area contributed by atoms with Gasteiger partial charge >= 0.3 is 0 Å². The van der Waals surface area contributed by atoms with E-state index in [0.29, 0.717) is 6.04 Å². The van der Waals surface area contributed by atoms with Crippen LogP contribution in [0.5, 0.6) is 0 Å². The molecule has 1 saturated heterocycles. The molecule has 1 N–H and O–H groups in total. The minimum atomic E-state index is 0.710. The summed E-state index contributed by atoms with van der Waals surface area (Å²) in [6, 6.07) is 1.45. The first kappa shape index (κ1) is 11.4. The summed E-state index contributed by atoms with van der Waals surface area (Å²) >= 11 is 0. The third kappa shape index (κ3) is 2.73. The predicted octanol–water partition coefficient (Wildman–Crippen LogP) is 2.10. The van der Waals surface area contributed by atoms with E-state index < -0.39 is 0 Å². The van der Waals surface area contributed by atoms with Gasteiger partial charge in [-0.15, -0.1) is 0 Å². The van der Waals surface area contributed by atoms with E-state index in [-0.39, 0.29) is 0 Å². The molecule has 1 heterocycles. The number of nitrogens with one attached hydrogen (secondary N) is 1. The van der Waals surface area contributed by atoms with Crippen LogP contribution >= 0.6 is 0 Å². The lowest BCUT2D eigenvalue weighted by atomic mass is 9.84. The number of rotatable bonds is 3. The Hall–Kier alpha value is -0.0800. The number of hydrogen-bond donors (Lipinski definition) is 1. The number of hydrogen-bond acceptors (Lipinski definition) is 2. The predicted molar refractivity (Wildman–Crippen MR) is 65.0 cm³/mol. The molecular weight excluding hydrogens is 184 g/mol. The Morgan fingerprint density at radius 2 is 2.07 bits per heavy atom. The van der Waals surface area contributed by atoms with E-state index in [1.165, 1.54) is 38.9 Å². The van der Waals surface area contributed by atoms with Crippen molar-refractivity contribution in [2.45, 2.75) is 52.1 Å². The third-order valence-electron chi connectivity index (χ3n) is 4.25. The lowest BCUT2D eigenvalue weighted by Crippen LogP contribution is -2.58. The van der Waals surface area contributed by atoms with Gasteiger partial charge in [0.25, 0.3) is 0 Å². The van der Waals surface area contributed by atoms with Crippen molar-refractivity contribution < 1.29 is 0 Å². The molecule has 88 valence electrons. The van der Waals surface area contributed by atoms with Gasteiger partial charge < -0.3 is 5.32 Å². The first-order chi connectivity index (χ1) is 7.16. The topological polar surface area (TPSA) is 15.3 Å². The fourth-order valence-electron chi connectivity index (χ4n) is 2.66. The Balaban J connectivity index is 1.84. The maximum Gasteiger partial charge on any atom is 0.0218 e. The molecule has 15 heavy (non-hydrogen) atoms. The first-order valence-corrected chi connectivity index (χ1v) is 6.64. The number of nitrogens with zero attached hydrogens (tertiary/aromatic N) is 1. The summed E-state index contributed by atoms with van der Waals surface area (Å²) in [5.74, 6) is 1.78. The SMILES string of the molecule is CC(C)C1CN(CC2CCC2)C(C)CN1. The summed E-state index contributed by atoms with van der Waals surface area (Å²) in [6.07, 6.45) is 4.42. The Bertz CT molecular complexity index is 199. The molecule has 2 rings (SSSR count). The second-order valence-electron chi connectivity index (χ2n) is 5.86. The molecule has 0 amide bonds. The quantitative estimate of drug-likeness (QED) is 0.767. The van der Waals surface area contributed by atoms with Gasteiger partial charge in [-0.05, 0) is 31.6 Å². The molecule has 2 atom stereocenters. The fourth-order valence-corrected chi connectivity index (χ4v) is 2.66. The highest BCUT2D eigenvalue weighted by Gasteiger charge is 2.29. The van der Waals surface area contributed by atoms with Crippen LogP contribution in [0.25, 0.3) is 0 Å². The van der Waals surface area contributed by atoms with Crippen LogP contribution in [0.1, 0.15) is 40.0 Å². The fraction of sp³-hybridized carbons (Fsp3) is 1.00. The van der Waals surface area contributed by atoms with E-state index in [1.54, 1.807) is 0 Å². The van der Waals surface area contributed by atoms with Crippen LogP contribution in [0, 0.1) is 11.8 Å². The molecule has 2 aliphatic rings. The van der Waals surface area contributed by atoms with E-state index >= 15 is 0 Å². The molecule has 1 aliphatic heterocycles. The summed E-state index contributed by atoms with van der Waals surface area (Å²) in [5, 5.41) is 3.67. The molecule has 2 unspecified atom stereocenters. The van der Waals surface area contributed by atoms with Crippen molar-refractivity contribution in [2.75, 3.05) is 19.6 Å². The highest BCUT2D eigenvalue weighted by molar-refractivity contribution is 4.87. The van der Waals surface area contributed by atoms with Gasteiger partial charge in [0.15, 0.2) is 0 Å². The molecule has 2 nitrogen and oxygen atoms in total. The minimum Gasteiger partial charge on any atom is -0.311 e. The van der Waals surface area contributed by atoms with Gasteiger partial charge in [0, 0.05) is 31.7 Å². The van der Waals surface area contributed by atoms with Crippen molar-refractivity contribution in [1.29, 1.82) is 0 Å². The highest BCUT2D eigenvalue weighted by atomic mass is 15.2. The zero-order valence-electron chi connectivity index (χ0n) is 10.5. The van der Waals surface area contributed by atoms with E-state index in [2.05, 4.69) is 31.0 Å². The van der Waals surface area contributed by atoms with Crippen molar-refractivity contribution in [3.8, 4) is 0 Å². The zero-order chi connectivity index (χ0) is 10.8. The van der Waals surface area contributed by atoms with Crippen LogP contribution < -0.4 is 5.32 Å². The molecule has 0 spiro atoms. The normalized spacial score (nSPS) is 34.4. The van der Waals surface area contributed by atoms with E-state index in [0.717, 1.165) is 17.9 Å². The average molecular weight is 210 g/mol. The van der Waals surface area contributed by atoms with Gasteiger partial charge in [-0.3, -0.25) is 4.90 Å². The van der Waals surface area contributed by atoms with Crippen molar-refractivity contribution in [3.05, 3.63) is 0 Å². The highest BCUT2D eigenvalue weighted by Crippen LogP contribution is 2.28. The molecule has 2 fully saturated rings. The van der Waals surface area contributed by atoms with E-state index in [1.807, 2.05) is 0 Å². The molecule has 2 heteroatoms. The molecule has 1 saturated carbocycles. The molecular formula is C13H26N2. The van der Waals surface area contributed by atoms with Crippen molar-refractivity contribution in [3.63, 3.8) is 0 Å². The van der Waals surface area contributed by atoms with Crippen molar-refractivity contribution >= 4 is 0 Å². The third-order valence-corrected chi connectivity index (χ3v) is 4.25. The summed E-state index contributed by atoms with van der Waals surface area (Å²) in [4.78, 5) is 2.71. The summed E-state index contributed by atoms with van der Waals surface area (Å²) in [6.45, 7) is 10.8.